The molecule has 2 N–H and O–H groups in total. The fraction of sp³-hybridized carbons (Fsp3) is 0.222. The summed E-state index contributed by atoms with van der Waals surface area (Å²) >= 11 is 9.54. The summed E-state index contributed by atoms with van der Waals surface area (Å²) in [5, 5.41) is 12.5. The van der Waals surface area contributed by atoms with Gasteiger partial charge in [-0.1, -0.05) is 39.7 Å². The van der Waals surface area contributed by atoms with Gasteiger partial charge in [-0.15, -0.1) is 0 Å². The number of rotatable bonds is 1. The van der Waals surface area contributed by atoms with E-state index in [0.29, 0.717) is 0 Å². The molecule has 22 heavy (non-hydrogen) atoms. The molecule has 0 spiro atoms. The zero-order valence-electron chi connectivity index (χ0n) is 11.8. The number of aryl methyl sites for hydroxylation is 1. The smallest absolute Gasteiger partial charge is 0.0667 e. The molecule has 4 rings (SSSR count). The summed E-state index contributed by atoms with van der Waals surface area (Å²) in [4.78, 5) is 3.52. The van der Waals surface area contributed by atoms with Crippen molar-refractivity contribution in [3.8, 4) is 0 Å². The van der Waals surface area contributed by atoms with E-state index in [9.17, 15) is 5.11 Å². The molecule has 0 saturated heterocycles. The molecule has 2 atom stereocenters. The molecule has 0 bridgehead atoms. The molecule has 1 aliphatic rings. The van der Waals surface area contributed by atoms with Crippen LogP contribution >= 0.6 is 27.5 Å². The highest BCUT2D eigenvalue weighted by atomic mass is 79.9. The van der Waals surface area contributed by atoms with Gasteiger partial charge in [0.25, 0.3) is 0 Å². The van der Waals surface area contributed by atoms with Crippen LogP contribution in [0.15, 0.2) is 46.9 Å². The van der Waals surface area contributed by atoms with Gasteiger partial charge in [0.2, 0.25) is 0 Å². The van der Waals surface area contributed by atoms with Crippen LogP contribution in [0.2, 0.25) is 5.02 Å². The molecule has 0 aliphatic heterocycles. The maximum atomic E-state index is 10.6. The van der Waals surface area contributed by atoms with E-state index in [1.54, 1.807) is 0 Å². The van der Waals surface area contributed by atoms with Crippen molar-refractivity contribution in [2.45, 2.75) is 24.9 Å². The minimum absolute atomic E-state index is 0.0211. The lowest BCUT2D eigenvalue weighted by atomic mass is 9.80. The Balaban J connectivity index is 1.91. The van der Waals surface area contributed by atoms with E-state index in [1.165, 1.54) is 10.9 Å². The number of aliphatic hydroxyl groups excluding tert-OH is 1. The molecule has 2 aromatic carbocycles. The summed E-state index contributed by atoms with van der Waals surface area (Å²) in [6, 6.07) is 14.1. The molecule has 0 fully saturated rings. The SMILES string of the molecule is OC1CCc2c([nH]c3ccc(Br)cc23)C1c1ccc(Cl)cc1. The van der Waals surface area contributed by atoms with Gasteiger partial charge < -0.3 is 10.1 Å². The third-order valence-electron chi connectivity index (χ3n) is 4.52. The van der Waals surface area contributed by atoms with Crippen LogP contribution in [0, 0.1) is 0 Å². The first-order valence-corrected chi connectivity index (χ1v) is 8.54. The first-order chi connectivity index (χ1) is 10.6. The van der Waals surface area contributed by atoms with Crippen molar-refractivity contribution in [3.63, 3.8) is 0 Å². The number of fused-ring (bicyclic) bond motifs is 3. The zero-order valence-corrected chi connectivity index (χ0v) is 14.2. The van der Waals surface area contributed by atoms with Gasteiger partial charge in [0.05, 0.1) is 12.0 Å². The molecule has 1 heterocycles. The number of hydrogen-bond acceptors (Lipinski definition) is 1. The number of aliphatic hydroxyl groups is 1. The van der Waals surface area contributed by atoms with Crippen LogP contribution in [-0.2, 0) is 6.42 Å². The van der Waals surface area contributed by atoms with Gasteiger partial charge in [0, 0.05) is 26.1 Å². The molecule has 0 amide bonds. The second-order valence-corrected chi connectivity index (χ2v) is 7.19. The molecular formula is C18H15BrClNO. The number of halogens is 2. The van der Waals surface area contributed by atoms with Crippen molar-refractivity contribution in [2.75, 3.05) is 0 Å². The average molecular weight is 377 g/mol. The Labute approximate surface area is 142 Å². The topological polar surface area (TPSA) is 36.0 Å². The third kappa shape index (κ3) is 2.28. The number of H-pyrrole nitrogens is 1. The van der Waals surface area contributed by atoms with Crippen LogP contribution < -0.4 is 0 Å². The van der Waals surface area contributed by atoms with Gasteiger partial charge in [-0.25, -0.2) is 0 Å². The van der Waals surface area contributed by atoms with Crippen LogP contribution in [0.5, 0.6) is 0 Å². The van der Waals surface area contributed by atoms with Crippen molar-refractivity contribution in [1.82, 2.24) is 4.98 Å². The Morgan fingerprint density at radius 3 is 2.68 bits per heavy atom. The van der Waals surface area contributed by atoms with Gasteiger partial charge in [0.1, 0.15) is 0 Å². The second kappa shape index (κ2) is 5.41. The first-order valence-electron chi connectivity index (χ1n) is 7.37. The van der Waals surface area contributed by atoms with Crippen molar-refractivity contribution >= 4 is 38.4 Å². The number of hydrogen-bond donors (Lipinski definition) is 2. The summed E-state index contributed by atoms with van der Waals surface area (Å²) in [6.45, 7) is 0. The highest BCUT2D eigenvalue weighted by Gasteiger charge is 2.32. The monoisotopic (exact) mass is 375 g/mol. The molecule has 3 aromatic rings. The van der Waals surface area contributed by atoms with E-state index in [1.807, 2.05) is 30.3 Å². The van der Waals surface area contributed by atoms with E-state index in [-0.39, 0.29) is 12.0 Å². The van der Waals surface area contributed by atoms with Crippen LogP contribution in [0.3, 0.4) is 0 Å². The fourth-order valence-electron chi connectivity index (χ4n) is 3.49. The van der Waals surface area contributed by atoms with E-state index >= 15 is 0 Å². The van der Waals surface area contributed by atoms with E-state index in [0.717, 1.165) is 39.1 Å². The third-order valence-corrected chi connectivity index (χ3v) is 5.26. The number of nitrogens with one attached hydrogen (secondary N) is 1. The molecule has 112 valence electrons. The second-order valence-electron chi connectivity index (χ2n) is 5.84. The Hall–Kier alpha value is -1.29. The van der Waals surface area contributed by atoms with Crippen molar-refractivity contribution in [2.24, 2.45) is 0 Å². The Kier molecular flexibility index (Phi) is 3.52. The molecular weight excluding hydrogens is 362 g/mol. The van der Waals surface area contributed by atoms with Gasteiger partial charge in [0.15, 0.2) is 0 Å². The van der Waals surface area contributed by atoms with Crippen LogP contribution in [0.4, 0.5) is 0 Å². The van der Waals surface area contributed by atoms with Crippen LogP contribution in [0.25, 0.3) is 10.9 Å². The van der Waals surface area contributed by atoms with Gasteiger partial charge >= 0.3 is 0 Å². The predicted octanol–water partition coefficient (Wildman–Crippen LogP) is 5.02. The van der Waals surface area contributed by atoms with E-state index in [4.69, 9.17) is 11.6 Å². The Morgan fingerprint density at radius 2 is 1.91 bits per heavy atom. The molecule has 4 heteroatoms. The molecule has 0 radical (unpaired) electrons. The summed E-state index contributed by atoms with van der Waals surface area (Å²) < 4.78 is 1.08. The predicted molar refractivity (Wildman–Crippen MR) is 93.6 cm³/mol. The number of aromatic amines is 1. The molecule has 2 unspecified atom stereocenters. The lowest BCUT2D eigenvalue weighted by Crippen LogP contribution is -2.26. The lowest BCUT2D eigenvalue weighted by molar-refractivity contribution is 0.138. The van der Waals surface area contributed by atoms with Gasteiger partial charge in [-0.05, 0) is 54.3 Å². The minimum Gasteiger partial charge on any atom is -0.392 e. The normalized spacial score (nSPS) is 21.0. The maximum absolute atomic E-state index is 10.6. The molecule has 1 aliphatic carbocycles. The average Bonchev–Trinajstić information content (AvgIpc) is 2.86. The minimum atomic E-state index is -0.370. The maximum Gasteiger partial charge on any atom is 0.0667 e. The highest BCUT2D eigenvalue weighted by Crippen LogP contribution is 2.40. The molecule has 2 nitrogen and oxygen atoms in total. The van der Waals surface area contributed by atoms with Crippen molar-refractivity contribution in [3.05, 3.63) is 68.8 Å². The van der Waals surface area contributed by atoms with E-state index in [2.05, 4.69) is 33.0 Å². The number of aromatic nitrogens is 1. The highest BCUT2D eigenvalue weighted by molar-refractivity contribution is 9.10. The molecule has 0 saturated carbocycles. The number of benzene rings is 2. The van der Waals surface area contributed by atoms with E-state index < -0.39 is 0 Å². The standard InChI is InChI=1S/C18H15BrClNO/c19-11-3-7-15-14(9-11)13-6-8-16(22)17(18(13)21-15)10-1-4-12(20)5-2-10/h1-5,7,9,16-17,21-22H,6,8H2. The van der Waals surface area contributed by atoms with Crippen molar-refractivity contribution < 1.29 is 5.11 Å². The van der Waals surface area contributed by atoms with Gasteiger partial charge in [-0.2, -0.15) is 0 Å². The Morgan fingerprint density at radius 1 is 1.14 bits per heavy atom. The Bertz CT molecular complexity index is 840. The summed E-state index contributed by atoms with van der Waals surface area (Å²) in [5.41, 5.74) is 4.68. The zero-order chi connectivity index (χ0) is 15.3. The van der Waals surface area contributed by atoms with Crippen LogP contribution in [-0.4, -0.2) is 16.2 Å². The van der Waals surface area contributed by atoms with Crippen molar-refractivity contribution in [1.29, 1.82) is 0 Å². The largest absolute Gasteiger partial charge is 0.392 e. The van der Waals surface area contributed by atoms with Crippen LogP contribution in [0.1, 0.15) is 29.2 Å². The first kappa shape index (κ1) is 14.3. The lowest BCUT2D eigenvalue weighted by Gasteiger charge is -2.28. The quantitative estimate of drug-likeness (QED) is 0.614. The fourth-order valence-corrected chi connectivity index (χ4v) is 3.97. The summed E-state index contributed by atoms with van der Waals surface area (Å²) in [7, 11) is 0. The summed E-state index contributed by atoms with van der Waals surface area (Å²) in [6.07, 6.45) is 1.31. The van der Waals surface area contributed by atoms with Gasteiger partial charge in [-0.3, -0.25) is 0 Å². The molecule has 1 aromatic heterocycles. The summed E-state index contributed by atoms with van der Waals surface area (Å²) in [5.74, 6) is -0.0211.